The number of ether oxygens (including phenoxy) is 3. The van der Waals surface area contributed by atoms with Gasteiger partial charge in [0, 0.05) is 6.07 Å². The van der Waals surface area contributed by atoms with Gasteiger partial charge < -0.3 is 14.2 Å². The summed E-state index contributed by atoms with van der Waals surface area (Å²) < 4.78 is 15.3. The maximum atomic E-state index is 11.7. The Morgan fingerprint density at radius 3 is 3.06 bits per heavy atom. The van der Waals surface area contributed by atoms with Crippen molar-refractivity contribution >= 4 is 12.4 Å². The van der Waals surface area contributed by atoms with Gasteiger partial charge in [0.05, 0.1) is 19.4 Å². The number of carbonyl (C=O) groups excluding carboxylic acids is 1. The Kier molecular flexibility index (Phi) is 3.76. The summed E-state index contributed by atoms with van der Waals surface area (Å²) in [6.45, 7) is 2.05. The van der Waals surface area contributed by atoms with Gasteiger partial charge in [-0.05, 0) is 13.0 Å². The lowest BCUT2D eigenvalue weighted by Crippen LogP contribution is -2.26. The second-order valence-corrected chi connectivity index (χ2v) is 3.61. The van der Waals surface area contributed by atoms with E-state index in [1.165, 1.54) is 13.5 Å². The predicted octanol–water partition coefficient (Wildman–Crippen LogP) is 1.12. The predicted molar refractivity (Wildman–Crippen MR) is 63.5 cm³/mol. The molecule has 0 bridgehead atoms. The highest BCUT2D eigenvalue weighted by Gasteiger charge is 2.36. The van der Waals surface area contributed by atoms with Crippen LogP contribution in [0.5, 0.6) is 5.88 Å². The number of hydrogen-bond donors (Lipinski definition) is 0. The van der Waals surface area contributed by atoms with Crippen LogP contribution in [0.25, 0.3) is 0 Å². The standard InChI is InChI=1S/C12H14N2O4/c1-3-17-12(15)10-11(18-7-13-10)8-5-4-6-9(14-8)16-2/h4-7,10-11H,3H2,1-2H3. The highest BCUT2D eigenvalue weighted by atomic mass is 16.5. The number of esters is 1. The zero-order chi connectivity index (χ0) is 13.0. The summed E-state index contributed by atoms with van der Waals surface area (Å²) in [5, 5.41) is 0. The number of nitrogens with zero attached hydrogens (tertiary/aromatic N) is 2. The molecule has 0 saturated carbocycles. The van der Waals surface area contributed by atoms with Crippen LogP contribution in [-0.2, 0) is 14.3 Å². The lowest BCUT2D eigenvalue weighted by Gasteiger charge is -2.15. The van der Waals surface area contributed by atoms with E-state index in [0.717, 1.165) is 0 Å². The molecule has 2 unspecified atom stereocenters. The number of carbonyl (C=O) groups is 1. The summed E-state index contributed by atoms with van der Waals surface area (Å²) >= 11 is 0. The zero-order valence-corrected chi connectivity index (χ0v) is 10.2. The number of aliphatic imine (C=N–C) groups is 1. The lowest BCUT2D eigenvalue weighted by molar-refractivity contribution is -0.146. The summed E-state index contributed by atoms with van der Waals surface area (Å²) in [5.41, 5.74) is 0.588. The lowest BCUT2D eigenvalue weighted by atomic mass is 10.1. The molecule has 2 atom stereocenters. The molecule has 1 aliphatic rings. The van der Waals surface area contributed by atoms with E-state index in [0.29, 0.717) is 18.2 Å². The van der Waals surface area contributed by atoms with E-state index in [1.54, 1.807) is 25.1 Å². The van der Waals surface area contributed by atoms with Gasteiger partial charge in [-0.2, -0.15) is 0 Å². The van der Waals surface area contributed by atoms with Crippen molar-refractivity contribution in [3.8, 4) is 5.88 Å². The SMILES string of the molecule is CCOC(=O)C1N=COC1c1cccc(OC)n1. The highest BCUT2D eigenvalue weighted by Crippen LogP contribution is 2.27. The minimum absolute atomic E-state index is 0.309. The molecule has 0 N–H and O–H groups in total. The van der Waals surface area contributed by atoms with E-state index < -0.39 is 18.1 Å². The summed E-state index contributed by atoms with van der Waals surface area (Å²) in [4.78, 5) is 19.9. The van der Waals surface area contributed by atoms with Crippen LogP contribution in [0.1, 0.15) is 18.7 Å². The van der Waals surface area contributed by atoms with Crippen molar-refractivity contribution in [3.63, 3.8) is 0 Å². The molecule has 0 amide bonds. The van der Waals surface area contributed by atoms with Gasteiger partial charge in [-0.1, -0.05) is 6.07 Å². The summed E-state index contributed by atoms with van der Waals surface area (Å²) in [7, 11) is 1.53. The fourth-order valence-electron chi connectivity index (χ4n) is 1.67. The average molecular weight is 250 g/mol. The van der Waals surface area contributed by atoms with Crippen LogP contribution in [-0.4, -0.2) is 37.1 Å². The Bertz CT molecular complexity index is 461. The zero-order valence-electron chi connectivity index (χ0n) is 10.2. The van der Waals surface area contributed by atoms with Crippen LogP contribution >= 0.6 is 0 Å². The molecule has 0 fully saturated rings. The molecular formula is C12H14N2O4. The van der Waals surface area contributed by atoms with Gasteiger partial charge in [-0.15, -0.1) is 0 Å². The van der Waals surface area contributed by atoms with Crippen molar-refractivity contribution in [1.29, 1.82) is 0 Å². The quantitative estimate of drug-likeness (QED) is 0.749. The van der Waals surface area contributed by atoms with E-state index in [9.17, 15) is 4.79 Å². The van der Waals surface area contributed by atoms with Gasteiger partial charge in [0.25, 0.3) is 0 Å². The van der Waals surface area contributed by atoms with Crippen LogP contribution in [0.15, 0.2) is 23.2 Å². The molecule has 6 heteroatoms. The van der Waals surface area contributed by atoms with Crippen LogP contribution in [0.2, 0.25) is 0 Å². The molecular weight excluding hydrogens is 236 g/mol. The molecule has 0 saturated heterocycles. The Labute approximate surface area is 105 Å². The van der Waals surface area contributed by atoms with E-state index in [-0.39, 0.29) is 0 Å². The monoisotopic (exact) mass is 250 g/mol. The first-order valence-electron chi connectivity index (χ1n) is 5.61. The number of rotatable bonds is 4. The van der Waals surface area contributed by atoms with Crippen molar-refractivity contribution in [2.45, 2.75) is 19.1 Å². The third-order valence-electron chi connectivity index (χ3n) is 2.49. The first-order valence-corrected chi connectivity index (χ1v) is 5.61. The van der Waals surface area contributed by atoms with Crippen molar-refractivity contribution < 1.29 is 19.0 Å². The van der Waals surface area contributed by atoms with Crippen molar-refractivity contribution in [3.05, 3.63) is 23.9 Å². The largest absolute Gasteiger partial charge is 0.481 e. The van der Waals surface area contributed by atoms with Crippen LogP contribution < -0.4 is 4.74 Å². The van der Waals surface area contributed by atoms with Gasteiger partial charge in [-0.3, -0.25) is 0 Å². The number of hydrogen-bond acceptors (Lipinski definition) is 6. The first-order chi connectivity index (χ1) is 8.76. The van der Waals surface area contributed by atoms with E-state index in [2.05, 4.69) is 9.98 Å². The normalized spacial score (nSPS) is 21.4. The topological polar surface area (TPSA) is 70.0 Å². The second-order valence-electron chi connectivity index (χ2n) is 3.61. The Hall–Kier alpha value is -2.11. The van der Waals surface area contributed by atoms with E-state index >= 15 is 0 Å². The Morgan fingerprint density at radius 2 is 2.33 bits per heavy atom. The number of methoxy groups -OCH3 is 1. The Morgan fingerprint density at radius 1 is 1.50 bits per heavy atom. The molecule has 0 aromatic carbocycles. The molecule has 2 rings (SSSR count). The molecule has 1 aliphatic heterocycles. The van der Waals surface area contributed by atoms with Gasteiger partial charge in [0.1, 0.15) is 0 Å². The molecule has 6 nitrogen and oxygen atoms in total. The van der Waals surface area contributed by atoms with Crippen molar-refractivity contribution in [1.82, 2.24) is 4.98 Å². The van der Waals surface area contributed by atoms with Crippen LogP contribution in [0.4, 0.5) is 0 Å². The minimum Gasteiger partial charge on any atom is -0.481 e. The summed E-state index contributed by atoms with van der Waals surface area (Å²) in [6, 6.07) is 4.56. The van der Waals surface area contributed by atoms with Crippen LogP contribution in [0.3, 0.4) is 0 Å². The maximum absolute atomic E-state index is 11.7. The van der Waals surface area contributed by atoms with Gasteiger partial charge in [-0.25, -0.2) is 14.8 Å². The fraction of sp³-hybridized carbons (Fsp3) is 0.417. The third-order valence-corrected chi connectivity index (χ3v) is 2.49. The summed E-state index contributed by atoms with van der Waals surface area (Å²) in [5.74, 6) is 0.0477. The molecule has 0 aliphatic carbocycles. The number of pyridine rings is 1. The second kappa shape index (κ2) is 5.48. The first kappa shape index (κ1) is 12.3. The smallest absolute Gasteiger partial charge is 0.335 e. The maximum Gasteiger partial charge on any atom is 0.335 e. The number of aromatic nitrogens is 1. The average Bonchev–Trinajstić information content (AvgIpc) is 2.88. The fourth-order valence-corrected chi connectivity index (χ4v) is 1.67. The molecule has 18 heavy (non-hydrogen) atoms. The highest BCUT2D eigenvalue weighted by molar-refractivity contribution is 5.80. The van der Waals surface area contributed by atoms with Gasteiger partial charge in [0.2, 0.25) is 5.88 Å². The van der Waals surface area contributed by atoms with Crippen molar-refractivity contribution in [2.24, 2.45) is 4.99 Å². The molecule has 0 spiro atoms. The Balaban J connectivity index is 2.19. The van der Waals surface area contributed by atoms with Gasteiger partial charge in [0.15, 0.2) is 18.5 Å². The molecule has 2 heterocycles. The van der Waals surface area contributed by atoms with Gasteiger partial charge >= 0.3 is 5.97 Å². The van der Waals surface area contributed by atoms with Crippen LogP contribution in [0, 0.1) is 0 Å². The molecule has 0 radical (unpaired) electrons. The summed E-state index contributed by atoms with van der Waals surface area (Å²) in [6.07, 6.45) is 0.701. The van der Waals surface area contributed by atoms with Crippen molar-refractivity contribution in [2.75, 3.05) is 13.7 Å². The van der Waals surface area contributed by atoms with E-state index in [1.807, 2.05) is 0 Å². The third kappa shape index (κ3) is 2.42. The minimum atomic E-state index is -0.704. The molecule has 1 aromatic rings. The molecule has 1 aromatic heterocycles. The molecule has 96 valence electrons. The van der Waals surface area contributed by atoms with E-state index in [4.69, 9.17) is 14.2 Å².